The van der Waals surface area contributed by atoms with Crippen molar-refractivity contribution in [1.29, 1.82) is 0 Å². The van der Waals surface area contributed by atoms with Crippen LogP contribution in [0.15, 0.2) is 48.7 Å². The minimum Gasteiger partial charge on any atom is -0.493 e. The molecule has 0 aliphatic heterocycles. The summed E-state index contributed by atoms with van der Waals surface area (Å²) in [7, 11) is 4.46. The molecule has 0 aliphatic rings. The predicted molar refractivity (Wildman–Crippen MR) is 118 cm³/mol. The van der Waals surface area contributed by atoms with Gasteiger partial charge < -0.3 is 29.8 Å². The number of esters is 1. The summed E-state index contributed by atoms with van der Waals surface area (Å²) in [5.74, 6) is 0.782. The Kier molecular flexibility index (Phi) is 7.37. The average molecular weight is 425 g/mol. The molecule has 0 saturated heterocycles. The van der Waals surface area contributed by atoms with Gasteiger partial charge in [-0.2, -0.15) is 0 Å². The Hall–Kier alpha value is -3.68. The molecule has 0 aliphatic carbocycles. The van der Waals surface area contributed by atoms with E-state index in [1.54, 1.807) is 14.2 Å². The van der Waals surface area contributed by atoms with E-state index in [0.29, 0.717) is 30.9 Å². The molecule has 3 rings (SSSR count). The predicted octanol–water partition coefficient (Wildman–Crippen LogP) is 2.81. The molecule has 31 heavy (non-hydrogen) atoms. The van der Waals surface area contributed by atoms with Crippen molar-refractivity contribution < 1.29 is 23.8 Å². The zero-order chi connectivity index (χ0) is 22.2. The first kappa shape index (κ1) is 22.0. The number of carbonyl (C=O) groups excluding carboxylic acids is 2. The van der Waals surface area contributed by atoms with Gasteiger partial charge in [-0.3, -0.25) is 0 Å². The molecule has 1 aromatic heterocycles. The molecular formula is C23H27N3O5. The van der Waals surface area contributed by atoms with E-state index in [1.165, 1.54) is 7.11 Å². The molecule has 0 bridgehead atoms. The van der Waals surface area contributed by atoms with Gasteiger partial charge in [-0.1, -0.05) is 24.3 Å². The van der Waals surface area contributed by atoms with E-state index in [-0.39, 0.29) is 0 Å². The summed E-state index contributed by atoms with van der Waals surface area (Å²) in [5, 5.41) is 6.51. The minimum atomic E-state index is -0.801. The minimum absolute atomic E-state index is 0.319. The Labute approximate surface area is 180 Å². The Balaban J connectivity index is 1.58. The summed E-state index contributed by atoms with van der Waals surface area (Å²) in [5.41, 5.74) is 2.89. The SMILES string of the molecule is COC(=O)[C@H](Cc1c[nH]c2ccccc12)NC(=O)NCCc1ccc(OC)c(OC)c1. The van der Waals surface area contributed by atoms with Gasteiger partial charge in [0.2, 0.25) is 0 Å². The number of urea groups is 1. The summed E-state index contributed by atoms with van der Waals surface area (Å²) in [4.78, 5) is 27.8. The molecule has 0 radical (unpaired) electrons. The van der Waals surface area contributed by atoms with Crippen molar-refractivity contribution >= 4 is 22.9 Å². The quantitative estimate of drug-likeness (QED) is 0.458. The fourth-order valence-corrected chi connectivity index (χ4v) is 3.42. The van der Waals surface area contributed by atoms with Gasteiger partial charge in [0, 0.05) is 30.1 Å². The number of rotatable bonds is 9. The lowest BCUT2D eigenvalue weighted by atomic mass is 10.1. The van der Waals surface area contributed by atoms with Crippen LogP contribution in [0.5, 0.6) is 11.5 Å². The largest absolute Gasteiger partial charge is 0.493 e. The lowest BCUT2D eigenvalue weighted by Gasteiger charge is -2.17. The van der Waals surface area contributed by atoms with Gasteiger partial charge in [0.25, 0.3) is 0 Å². The molecule has 0 saturated carbocycles. The van der Waals surface area contributed by atoms with Crippen molar-refractivity contribution in [1.82, 2.24) is 15.6 Å². The van der Waals surface area contributed by atoms with Crippen molar-refractivity contribution in [2.24, 2.45) is 0 Å². The number of hydrogen-bond acceptors (Lipinski definition) is 5. The Morgan fingerprint density at radius 1 is 1.03 bits per heavy atom. The molecule has 8 nitrogen and oxygen atoms in total. The van der Waals surface area contributed by atoms with E-state index in [2.05, 4.69) is 15.6 Å². The third-order valence-corrected chi connectivity index (χ3v) is 5.04. The third kappa shape index (κ3) is 5.48. The Morgan fingerprint density at radius 2 is 1.81 bits per heavy atom. The smallest absolute Gasteiger partial charge is 0.328 e. The van der Waals surface area contributed by atoms with E-state index in [4.69, 9.17) is 14.2 Å². The number of amides is 2. The maximum absolute atomic E-state index is 12.4. The second kappa shape index (κ2) is 10.4. The van der Waals surface area contributed by atoms with Crippen LogP contribution in [0.4, 0.5) is 4.79 Å². The van der Waals surface area contributed by atoms with Gasteiger partial charge in [0.1, 0.15) is 6.04 Å². The topological polar surface area (TPSA) is 102 Å². The fraction of sp³-hybridized carbons (Fsp3) is 0.304. The van der Waals surface area contributed by atoms with Crippen LogP contribution in [0.25, 0.3) is 10.9 Å². The van der Waals surface area contributed by atoms with Gasteiger partial charge in [-0.25, -0.2) is 9.59 Å². The van der Waals surface area contributed by atoms with Crippen LogP contribution in [-0.4, -0.2) is 50.9 Å². The summed E-state index contributed by atoms with van der Waals surface area (Å²) in [6, 6.07) is 12.2. The number of methoxy groups -OCH3 is 3. The molecule has 164 valence electrons. The van der Waals surface area contributed by atoms with Crippen LogP contribution in [0, 0.1) is 0 Å². The number of aromatic amines is 1. The van der Waals surface area contributed by atoms with Crippen molar-refractivity contribution in [3.05, 3.63) is 59.8 Å². The fourth-order valence-electron chi connectivity index (χ4n) is 3.42. The van der Waals surface area contributed by atoms with Crippen LogP contribution in [0.3, 0.4) is 0 Å². The Morgan fingerprint density at radius 3 is 2.55 bits per heavy atom. The standard InChI is InChI=1S/C23H27N3O5/c1-29-20-9-8-15(12-21(20)30-2)10-11-24-23(28)26-19(22(27)31-3)13-16-14-25-18-7-5-4-6-17(16)18/h4-9,12,14,19,25H,10-11,13H2,1-3H3,(H2,24,26,28)/t19-/m0/s1. The number of nitrogens with one attached hydrogen (secondary N) is 3. The highest BCUT2D eigenvalue weighted by Gasteiger charge is 2.23. The summed E-state index contributed by atoms with van der Waals surface area (Å²) in [6.07, 6.45) is 2.76. The molecule has 8 heteroatoms. The molecule has 0 fully saturated rings. The highest BCUT2D eigenvalue weighted by Crippen LogP contribution is 2.27. The highest BCUT2D eigenvalue weighted by atomic mass is 16.5. The molecular weight excluding hydrogens is 398 g/mol. The molecule has 0 spiro atoms. The second-order valence-electron chi connectivity index (χ2n) is 6.98. The number of benzene rings is 2. The summed E-state index contributed by atoms with van der Waals surface area (Å²) in [6.45, 7) is 0.391. The third-order valence-electron chi connectivity index (χ3n) is 5.04. The average Bonchev–Trinajstić information content (AvgIpc) is 3.20. The number of carbonyl (C=O) groups is 2. The first-order valence-electron chi connectivity index (χ1n) is 9.93. The monoisotopic (exact) mass is 425 g/mol. The van der Waals surface area contributed by atoms with Crippen LogP contribution < -0.4 is 20.1 Å². The van der Waals surface area contributed by atoms with Gasteiger partial charge >= 0.3 is 12.0 Å². The van der Waals surface area contributed by atoms with Crippen LogP contribution in [0.2, 0.25) is 0 Å². The highest BCUT2D eigenvalue weighted by molar-refractivity contribution is 5.86. The van der Waals surface area contributed by atoms with Gasteiger partial charge in [0.05, 0.1) is 21.3 Å². The van der Waals surface area contributed by atoms with E-state index in [0.717, 1.165) is 22.0 Å². The summed E-state index contributed by atoms with van der Waals surface area (Å²) < 4.78 is 15.4. The molecule has 0 unspecified atom stereocenters. The first-order chi connectivity index (χ1) is 15.0. The van der Waals surface area contributed by atoms with E-state index < -0.39 is 18.0 Å². The van der Waals surface area contributed by atoms with E-state index in [9.17, 15) is 9.59 Å². The maximum Gasteiger partial charge on any atom is 0.328 e. The molecule has 2 amide bonds. The van der Waals surface area contributed by atoms with Crippen molar-refractivity contribution in [2.75, 3.05) is 27.9 Å². The Bertz CT molecular complexity index is 1050. The molecule has 1 atom stereocenters. The molecule has 1 heterocycles. The van der Waals surface area contributed by atoms with E-state index >= 15 is 0 Å². The normalized spacial score (nSPS) is 11.6. The molecule has 3 aromatic rings. The lowest BCUT2D eigenvalue weighted by Crippen LogP contribution is -2.48. The van der Waals surface area contributed by atoms with Crippen molar-refractivity contribution in [3.8, 4) is 11.5 Å². The van der Waals surface area contributed by atoms with Crippen LogP contribution in [0.1, 0.15) is 11.1 Å². The van der Waals surface area contributed by atoms with Crippen LogP contribution in [-0.2, 0) is 22.4 Å². The van der Waals surface area contributed by atoms with Gasteiger partial charge in [-0.15, -0.1) is 0 Å². The number of ether oxygens (including phenoxy) is 3. The second-order valence-corrected chi connectivity index (χ2v) is 6.98. The number of hydrogen-bond donors (Lipinski definition) is 3. The number of para-hydroxylation sites is 1. The number of H-pyrrole nitrogens is 1. The maximum atomic E-state index is 12.4. The van der Waals surface area contributed by atoms with Crippen molar-refractivity contribution in [2.45, 2.75) is 18.9 Å². The van der Waals surface area contributed by atoms with Crippen LogP contribution >= 0.6 is 0 Å². The summed E-state index contributed by atoms with van der Waals surface area (Å²) >= 11 is 0. The zero-order valence-electron chi connectivity index (χ0n) is 17.9. The van der Waals surface area contributed by atoms with Gasteiger partial charge in [0.15, 0.2) is 11.5 Å². The van der Waals surface area contributed by atoms with Gasteiger partial charge in [-0.05, 0) is 35.7 Å². The number of aromatic nitrogens is 1. The molecule has 2 aromatic carbocycles. The zero-order valence-corrected chi connectivity index (χ0v) is 17.9. The van der Waals surface area contributed by atoms with E-state index in [1.807, 2.05) is 48.7 Å². The first-order valence-corrected chi connectivity index (χ1v) is 9.93. The lowest BCUT2D eigenvalue weighted by molar-refractivity contribution is -0.142. The number of fused-ring (bicyclic) bond motifs is 1. The van der Waals surface area contributed by atoms with Crippen molar-refractivity contribution in [3.63, 3.8) is 0 Å². The molecule has 3 N–H and O–H groups in total.